The van der Waals surface area contributed by atoms with E-state index < -0.39 is 0 Å². The second kappa shape index (κ2) is 3.86. The van der Waals surface area contributed by atoms with Gasteiger partial charge in [0.05, 0.1) is 16.4 Å². The van der Waals surface area contributed by atoms with E-state index in [2.05, 4.69) is 16.5 Å². The molecule has 2 aromatic heterocycles. The minimum atomic E-state index is 0.586. The van der Waals surface area contributed by atoms with Crippen molar-refractivity contribution >= 4 is 39.3 Å². The molecule has 0 saturated carbocycles. The third-order valence-corrected chi connectivity index (χ3v) is 2.88. The Bertz CT molecular complexity index is 407. The Balaban J connectivity index is 2.19. The lowest BCUT2D eigenvalue weighted by Gasteiger charge is -1.99. The van der Waals surface area contributed by atoms with Gasteiger partial charge in [-0.15, -0.1) is 11.3 Å². The lowest BCUT2D eigenvalue weighted by atomic mass is 10.4. The van der Waals surface area contributed by atoms with E-state index in [1.807, 2.05) is 12.1 Å². The fourth-order valence-corrected chi connectivity index (χ4v) is 1.99. The first kappa shape index (κ1) is 9.30. The number of nitrogens with one attached hydrogen (secondary N) is 1. The molecule has 0 amide bonds. The van der Waals surface area contributed by atoms with Gasteiger partial charge in [-0.05, 0) is 18.2 Å². The summed E-state index contributed by atoms with van der Waals surface area (Å²) < 4.78 is 0.594. The van der Waals surface area contributed by atoms with E-state index in [0.29, 0.717) is 10.0 Å². The quantitative estimate of drug-likeness (QED) is 0.825. The van der Waals surface area contributed by atoms with Gasteiger partial charge in [0.2, 0.25) is 0 Å². The summed E-state index contributed by atoms with van der Waals surface area (Å²) >= 11 is 7.21. The van der Waals surface area contributed by atoms with E-state index >= 15 is 0 Å². The minimum absolute atomic E-state index is 0.586. The fraction of sp³-hybridized carbons (Fsp3) is 0. The summed E-state index contributed by atoms with van der Waals surface area (Å²) in [5.41, 5.74) is 6.99. The SMILES string of the molecule is Nc1cc(Nc2[c]nccc2)sc1Cl. The van der Waals surface area contributed by atoms with Crippen molar-refractivity contribution in [1.82, 2.24) is 4.98 Å². The van der Waals surface area contributed by atoms with Crippen LogP contribution in [0.1, 0.15) is 0 Å². The Morgan fingerprint density at radius 1 is 1.57 bits per heavy atom. The number of anilines is 3. The van der Waals surface area contributed by atoms with Gasteiger partial charge in [-0.1, -0.05) is 11.6 Å². The Hall–Kier alpha value is -1.26. The van der Waals surface area contributed by atoms with E-state index in [1.54, 1.807) is 12.3 Å². The molecule has 0 saturated heterocycles. The third-order valence-electron chi connectivity index (χ3n) is 1.58. The number of nitrogens with two attached hydrogens (primary N) is 1. The summed E-state index contributed by atoms with van der Waals surface area (Å²) in [4.78, 5) is 3.86. The molecule has 14 heavy (non-hydrogen) atoms. The molecule has 0 fully saturated rings. The van der Waals surface area contributed by atoms with Gasteiger partial charge in [0.15, 0.2) is 0 Å². The molecule has 3 N–H and O–H groups in total. The highest BCUT2D eigenvalue weighted by Gasteiger charge is 2.03. The predicted octanol–water partition coefficient (Wildman–Crippen LogP) is 2.92. The maximum absolute atomic E-state index is 5.82. The monoisotopic (exact) mass is 224 g/mol. The molecule has 1 radical (unpaired) electrons. The van der Waals surface area contributed by atoms with E-state index in [0.717, 1.165) is 10.7 Å². The largest absolute Gasteiger partial charge is 0.397 e. The first-order chi connectivity index (χ1) is 6.75. The molecular weight excluding hydrogens is 218 g/mol. The van der Waals surface area contributed by atoms with E-state index in [9.17, 15) is 0 Å². The second-order valence-corrected chi connectivity index (χ2v) is 4.28. The van der Waals surface area contributed by atoms with Crippen molar-refractivity contribution in [2.75, 3.05) is 11.1 Å². The van der Waals surface area contributed by atoms with Crippen molar-refractivity contribution < 1.29 is 0 Å². The maximum atomic E-state index is 5.82. The molecule has 2 heterocycles. The number of hydrogen-bond acceptors (Lipinski definition) is 4. The number of nitrogens with zero attached hydrogens (tertiary/aromatic N) is 1. The maximum Gasteiger partial charge on any atom is 0.118 e. The highest BCUT2D eigenvalue weighted by Crippen LogP contribution is 2.34. The molecule has 2 aromatic rings. The van der Waals surface area contributed by atoms with Crippen LogP contribution in [0, 0.1) is 6.20 Å². The number of pyridine rings is 1. The van der Waals surface area contributed by atoms with Crippen molar-refractivity contribution in [3.8, 4) is 0 Å². The number of thiophene rings is 1. The molecule has 0 aliphatic rings. The number of aromatic nitrogens is 1. The van der Waals surface area contributed by atoms with Crippen LogP contribution in [-0.2, 0) is 0 Å². The van der Waals surface area contributed by atoms with Crippen LogP contribution in [0.3, 0.4) is 0 Å². The van der Waals surface area contributed by atoms with Crippen molar-refractivity contribution in [2.24, 2.45) is 0 Å². The molecule has 3 nitrogen and oxygen atoms in total. The smallest absolute Gasteiger partial charge is 0.118 e. The zero-order chi connectivity index (χ0) is 9.97. The Morgan fingerprint density at radius 2 is 2.43 bits per heavy atom. The van der Waals surface area contributed by atoms with Crippen LogP contribution in [0.4, 0.5) is 16.4 Å². The molecule has 0 aromatic carbocycles. The predicted molar refractivity (Wildman–Crippen MR) is 60.1 cm³/mol. The summed E-state index contributed by atoms with van der Waals surface area (Å²) in [6, 6.07) is 5.49. The van der Waals surface area contributed by atoms with Crippen LogP contribution in [0.25, 0.3) is 0 Å². The molecule has 0 aliphatic carbocycles. The van der Waals surface area contributed by atoms with Crippen LogP contribution in [-0.4, -0.2) is 4.98 Å². The molecule has 71 valence electrons. The summed E-state index contributed by atoms with van der Waals surface area (Å²) in [6.07, 6.45) is 4.47. The summed E-state index contributed by atoms with van der Waals surface area (Å²) in [7, 11) is 0. The Kier molecular flexibility index (Phi) is 2.56. The van der Waals surface area contributed by atoms with Crippen LogP contribution in [0.15, 0.2) is 24.4 Å². The first-order valence-electron chi connectivity index (χ1n) is 3.90. The topological polar surface area (TPSA) is 50.9 Å². The number of hydrogen-bond donors (Lipinski definition) is 2. The number of rotatable bonds is 2. The minimum Gasteiger partial charge on any atom is -0.397 e. The Labute approximate surface area is 90.5 Å². The van der Waals surface area contributed by atoms with Gasteiger partial charge in [0, 0.05) is 6.20 Å². The van der Waals surface area contributed by atoms with Gasteiger partial charge in [-0.2, -0.15) is 0 Å². The van der Waals surface area contributed by atoms with Gasteiger partial charge in [0.25, 0.3) is 0 Å². The lowest BCUT2D eigenvalue weighted by Crippen LogP contribution is -1.87. The highest BCUT2D eigenvalue weighted by atomic mass is 35.5. The van der Waals surface area contributed by atoms with Gasteiger partial charge < -0.3 is 11.1 Å². The lowest BCUT2D eigenvalue weighted by molar-refractivity contribution is 1.31. The molecule has 0 bridgehead atoms. The summed E-state index contributed by atoms with van der Waals surface area (Å²) in [5, 5.41) is 3.99. The number of halogens is 1. The molecule has 0 unspecified atom stereocenters. The molecule has 0 spiro atoms. The summed E-state index contributed by atoms with van der Waals surface area (Å²) in [6.45, 7) is 0. The third kappa shape index (κ3) is 1.97. The standard InChI is InChI=1S/C9H7ClN3S/c10-9-7(11)4-8(14-9)13-6-2-1-3-12-5-6/h1-4,13H,11H2. The van der Waals surface area contributed by atoms with E-state index in [-0.39, 0.29) is 0 Å². The fourth-order valence-electron chi connectivity index (χ4n) is 0.973. The highest BCUT2D eigenvalue weighted by molar-refractivity contribution is 7.20. The molecule has 0 atom stereocenters. The van der Waals surface area contributed by atoms with Crippen molar-refractivity contribution in [3.63, 3.8) is 0 Å². The van der Waals surface area contributed by atoms with Gasteiger partial charge in [0.1, 0.15) is 10.5 Å². The molecular formula is C9H7ClN3S. The van der Waals surface area contributed by atoms with E-state index in [4.69, 9.17) is 17.3 Å². The van der Waals surface area contributed by atoms with E-state index in [1.165, 1.54) is 11.3 Å². The summed E-state index contributed by atoms with van der Waals surface area (Å²) in [5.74, 6) is 0. The van der Waals surface area contributed by atoms with Crippen molar-refractivity contribution in [2.45, 2.75) is 0 Å². The van der Waals surface area contributed by atoms with Gasteiger partial charge in [-0.3, -0.25) is 4.98 Å². The zero-order valence-corrected chi connectivity index (χ0v) is 8.69. The van der Waals surface area contributed by atoms with Crippen LogP contribution >= 0.6 is 22.9 Å². The number of nitrogen functional groups attached to an aromatic ring is 1. The average molecular weight is 225 g/mol. The molecule has 0 aliphatic heterocycles. The average Bonchev–Trinajstić information content (AvgIpc) is 2.47. The first-order valence-corrected chi connectivity index (χ1v) is 5.09. The Morgan fingerprint density at radius 3 is 3.00 bits per heavy atom. The second-order valence-electron chi connectivity index (χ2n) is 2.63. The van der Waals surface area contributed by atoms with Crippen LogP contribution in [0.2, 0.25) is 4.34 Å². The van der Waals surface area contributed by atoms with Gasteiger partial charge in [-0.25, -0.2) is 0 Å². The van der Waals surface area contributed by atoms with Gasteiger partial charge >= 0.3 is 0 Å². The van der Waals surface area contributed by atoms with Crippen molar-refractivity contribution in [1.29, 1.82) is 0 Å². The van der Waals surface area contributed by atoms with Crippen LogP contribution in [0.5, 0.6) is 0 Å². The van der Waals surface area contributed by atoms with Crippen molar-refractivity contribution in [3.05, 3.63) is 34.9 Å². The molecule has 5 heteroatoms. The van der Waals surface area contributed by atoms with Crippen LogP contribution < -0.4 is 11.1 Å². The molecule has 2 rings (SSSR count). The normalized spacial score (nSPS) is 10.1. The zero-order valence-electron chi connectivity index (χ0n) is 7.12.